The zero-order valence-corrected chi connectivity index (χ0v) is 8.88. The first-order valence-electron chi connectivity index (χ1n) is 5.55. The third kappa shape index (κ3) is 3.02. The van der Waals surface area contributed by atoms with Crippen molar-refractivity contribution >= 4 is 5.91 Å². The van der Waals surface area contributed by atoms with E-state index in [0.717, 1.165) is 31.8 Å². The predicted octanol–water partition coefficient (Wildman–Crippen LogP) is 2.44. The molecule has 0 aliphatic carbocycles. The van der Waals surface area contributed by atoms with Gasteiger partial charge in [0.1, 0.15) is 0 Å². The molecule has 1 aliphatic heterocycles. The second kappa shape index (κ2) is 5.25. The van der Waals surface area contributed by atoms with Gasteiger partial charge in [0.25, 0.3) is 0 Å². The Morgan fingerprint density at radius 1 is 1.46 bits per heavy atom. The fourth-order valence-corrected chi connectivity index (χ4v) is 2.00. The van der Waals surface area contributed by atoms with Gasteiger partial charge in [-0.2, -0.15) is 0 Å². The highest BCUT2D eigenvalue weighted by molar-refractivity contribution is 5.76. The molecule has 1 atom stereocenters. The van der Waals surface area contributed by atoms with Crippen LogP contribution in [0.1, 0.15) is 46.0 Å². The molecule has 76 valence electrons. The first-order chi connectivity index (χ1) is 6.27. The van der Waals surface area contributed by atoms with Crippen LogP contribution in [0.25, 0.3) is 0 Å². The predicted molar refractivity (Wildman–Crippen MR) is 54.5 cm³/mol. The number of rotatable bonds is 3. The van der Waals surface area contributed by atoms with E-state index in [0.29, 0.717) is 5.91 Å². The lowest BCUT2D eigenvalue weighted by Crippen LogP contribution is -2.39. The van der Waals surface area contributed by atoms with Gasteiger partial charge in [-0.3, -0.25) is 4.79 Å². The number of carbonyl (C=O) groups is 1. The highest BCUT2D eigenvalue weighted by Gasteiger charge is 2.21. The van der Waals surface area contributed by atoms with Crippen LogP contribution in [-0.4, -0.2) is 23.9 Å². The van der Waals surface area contributed by atoms with Crippen molar-refractivity contribution in [1.29, 1.82) is 0 Å². The second-order valence-corrected chi connectivity index (χ2v) is 4.01. The molecule has 0 radical (unpaired) electrons. The van der Waals surface area contributed by atoms with Crippen LogP contribution in [0.5, 0.6) is 0 Å². The van der Waals surface area contributed by atoms with Gasteiger partial charge in [-0.25, -0.2) is 0 Å². The maximum Gasteiger partial charge on any atom is 0.222 e. The average molecular weight is 183 g/mol. The van der Waals surface area contributed by atoms with Crippen LogP contribution in [-0.2, 0) is 4.79 Å². The summed E-state index contributed by atoms with van der Waals surface area (Å²) in [5, 5.41) is 0. The number of carbonyl (C=O) groups excluding carboxylic acids is 1. The minimum atomic E-state index is 0.362. The molecule has 0 saturated carbocycles. The number of nitrogens with zero attached hydrogens (tertiary/aromatic N) is 1. The Labute approximate surface area is 81.3 Å². The maximum atomic E-state index is 11.6. The first-order valence-corrected chi connectivity index (χ1v) is 5.55. The largest absolute Gasteiger partial charge is 0.342 e. The van der Waals surface area contributed by atoms with Crippen LogP contribution >= 0.6 is 0 Å². The molecular weight excluding hydrogens is 162 g/mol. The van der Waals surface area contributed by atoms with Crippen molar-refractivity contribution in [1.82, 2.24) is 4.90 Å². The SMILES string of the molecule is CCCC(=O)N1CCCC(CC)C1. The molecule has 0 aromatic heterocycles. The molecule has 1 unspecified atom stereocenters. The van der Waals surface area contributed by atoms with E-state index in [9.17, 15) is 4.79 Å². The maximum absolute atomic E-state index is 11.6. The third-order valence-corrected chi connectivity index (χ3v) is 2.91. The van der Waals surface area contributed by atoms with Crippen LogP contribution < -0.4 is 0 Å². The lowest BCUT2D eigenvalue weighted by Gasteiger charge is -2.32. The summed E-state index contributed by atoms with van der Waals surface area (Å²) in [4.78, 5) is 13.6. The van der Waals surface area contributed by atoms with Crippen LogP contribution in [0, 0.1) is 5.92 Å². The fraction of sp³-hybridized carbons (Fsp3) is 0.909. The van der Waals surface area contributed by atoms with Gasteiger partial charge in [0.15, 0.2) is 0 Å². The Hall–Kier alpha value is -0.530. The summed E-state index contributed by atoms with van der Waals surface area (Å²) >= 11 is 0. The van der Waals surface area contributed by atoms with Crippen molar-refractivity contribution in [2.45, 2.75) is 46.0 Å². The molecule has 1 aliphatic rings. The lowest BCUT2D eigenvalue weighted by atomic mass is 9.95. The molecule has 1 amide bonds. The molecular formula is C11H21NO. The van der Waals surface area contributed by atoms with Crippen LogP contribution in [0.4, 0.5) is 0 Å². The smallest absolute Gasteiger partial charge is 0.222 e. The highest BCUT2D eigenvalue weighted by atomic mass is 16.2. The van der Waals surface area contributed by atoms with E-state index in [1.165, 1.54) is 19.3 Å². The van der Waals surface area contributed by atoms with Gasteiger partial charge in [-0.1, -0.05) is 20.3 Å². The molecule has 13 heavy (non-hydrogen) atoms. The normalized spacial score (nSPS) is 23.2. The highest BCUT2D eigenvalue weighted by Crippen LogP contribution is 2.19. The molecule has 1 fully saturated rings. The first kappa shape index (κ1) is 10.6. The monoisotopic (exact) mass is 183 g/mol. The molecule has 0 spiro atoms. The minimum absolute atomic E-state index is 0.362. The number of amides is 1. The topological polar surface area (TPSA) is 20.3 Å². The van der Waals surface area contributed by atoms with E-state index in [2.05, 4.69) is 18.7 Å². The van der Waals surface area contributed by atoms with Crippen molar-refractivity contribution in [3.05, 3.63) is 0 Å². The molecule has 2 heteroatoms. The third-order valence-electron chi connectivity index (χ3n) is 2.91. The van der Waals surface area contributed by atoms with Gasteiger partial charge in [-0.05, 0) is 25.2 Å². The van der Waals surface area contributed by atoms with Gasteiger partial charge >= 0.3 is 0 Å². The zero-order valence-electron chi connectivity index (χ0n) is 8.88. The van der Waals surface area contributed by atoms with Crippen LogP contribution in [0.2, 0.25) is 0 Å². The molecule has 0 bridgehead atoms. The Balaban J connectivity index is 2.37. The second-order valence-electron chi connectivity index (χ2n) is 4.01. The molecule has 0 aromatic rings. The molecule has 1 rings (SSSR count). The number of hydrogen-bond acceptors (Lipinski definition) is 1. The van der Waals surface area contributed by atoms with E-state index in [1.807, 2.05) is 0 Å². The molecule has 1 heterocycles. The van der Waals surface area contributed by atoms with Gasteiger partial charge < -0.3 is 4.90 Å². The molecule has 2 nitrogen and oxygen atoms in total. The summed E-state index contributed by atoms with van der Waals surface area (Å²) in [6.07, 6.45) is 5.44. The van der Waals surface area contributed by atoms with Gasteiger partial charge in [0.2, 0.25) is 5.91 Å². The summed E-state index contributed by atoms with van der Waals surface area (Å²) in [6.45, 7) is 6.29. The summed E-state index contributed by atoms with van der Waals surface area (Å²) in [5.41, 5.74) is 0. The van der Waals surface area contributed by atoms with Crippen molar-refractivity contribution in [3.8, 4) is 0 Å². The molecule has 0 aromatic carbocycles. The van der Waals surface area contributed by atoms with E-state index in [4.69, 9.17) is 0 Å². The van der Waals surface area contributed by atoms with E-state index in [-0.39, 0.29) is 0 Å². The van der Waals surface area contributed by atoms with Crippen molar-refractivity contribution in [3.63, 3.8) is 0 Å². The molecule has 1 saturated heterocycles. The Bertz CT molecular complexity index is 167. The van der Waals surface area contributed by atoms with E-state index < -0.39 is 0 Å². The number of likely N-dealkylation sites (tertiary alicyclic amines) is 1. The standard InChI is InChI=1S/C11H21NO/c1-3-6-11(13)12-8-5-7-10(4-2)9-12/h10H,3-9H2,1-2H3. The summed E-state index contributed by atoms with van der Waals surface area (Å²) < 4.78 is 0. The van der Waals surface area contributed by atoms with Gasteiger partial charge in [0.05, 0.1) is 0 Å². The van der Waals surface area contributed by atoms with E-state index in [1.54, 1.807) is 0 Å². The van der Waals surface area contributed by atoms with Crippen molar-refractivity contribution in [2.75, 3.05) is 13.1 Å². The summed E-state index contributed by atoms with van der Waals surface area (Å²) in [7, 11) is 0. The van der Waals surface area contributed by atoms with E-state index >= 15 is 0 Å². The zero-order chi connectivity index (χ0) is 9.68. The minimum Gasteiger partial charge on any atom is -0.342 e. The number of piperidine rings is 1. The van der Waals surface area contributed by atoms with Crippen LogP contribution in [0.15, 0.2) is 0 Å². The van der Waals surface area contributed by atoms with Gasteiger partial charge in [-0.15, -0.1) is 0 Å². The Kier molecular flexibility index (Phi) is 4.26. The lowest BCUT2D eigenvalue weighted by molar-refractivity contribution is -0.133. The average Bonchev–Trinajstić information content (AvgIpc) is 2.18. The Morgan fingerprint density at radius 2 is 2.23 bits per heavy atom. The van der Waals surface area contributed by atoms with Crippen molar-refractivity contribution in [2.24, 2.45) is 5.92 Å². The van der Waals surface area contributed by atoms with Gasteiger partial charge in [0, 0.05) is 19.5 Å². The van der Waals surface area contributed by atoms with Crippen molar-refractivity contribution < 1.29 is 4.79 Å². The Morgan fingerprint density at radius 3 is 2.85 bits per heavy atom. The summed E-state index contributed by atoms with van der Waals surface area (Å²) in [6, 6.07) is 0. The number of hydrogen-bond donors (Lipinski definition) is 0. The van der Waals surface area contributed by atoms with Crippen LogP contribution in [0.3, 0.4) is 0 Å². The quantitative estimate of drug-likeness (QED) is 0.658. The fourth-order valence-electron chi connectivity index (χ4n) is 2.00. The summed E-state index contributed by atoms with van der Waals surface area (Å²) in [5.74, 6) is 1.12. The molecule has 0 N–H and O–H groups in total.